The van der Waals surface area contributed by atoms with E-state index in [0.29, 0.717) is 12.8 Å². The van der Waals surface area contributed by atoms with Crippen LogP contribution in [0.1, 0.15) is 112 Å². The fourth-order valence-corrected chi connectivity index (χ4v) is 4.23. The Labute approximate surface area is 161 Å². The van der Waals surface area contributed by atoms with Crippen molar-refractivity contribution in [2.45, 2.75) is 124 Å². The van der Waals surface area contributed by atoms with E-state index < -0.39 is 6.09 Å². The maximum absolute atomic E-state index is 11.9. The lowest BCUT2D eigenvalue weighted by Gasteiger charge is -2.42. The third-order valence-corrected chi connectivity index (χ3v) is 5.64. The number of carbonyl (C=O) groups is 2. The molecule has 1 N–H and O–H groups in total. The fraction of sp³-hybridized carbons (Fsp3) is 0.909. The molecule has 0 aliphatic rings. The minimum Gasteiger partial charge on any atom is -0.465 e. The van der Waals surface area contributed by atoms with Gasteiger partial charge in [-0.3, -0.25) is 0 Å². The van der Waals surface area contributed by atoms with Crippen molar-refractivity contribution < 1.29 is 14.7 Å². The Balaban J connectivity index is 5.63. The summed E-state index contributed by atoms with van der Waals surface area (Å²) in [5.74, 6) is 0. The molecular weight excluding hydrogens is 326 g/mol. The van der Waals surface area contributed by atoms with Crippen LogP contribution in [0.15, 0.2) is 0 Å². The van der Waals surface area contributed by atoms with E-state index in [-0.39, 0.29) is 17.5 Å². The Kier molecular flexibility index (Phi) is 13.5. The third kappa shape index (κ3) is 9.05. The molecule has 0 aromatic rings. The van der Waals surface area contributed by atoms with E-state index in [1.165, 1.54) is 57.8 Å². The van der Waals surface area contributed by atoms with Crippen LogP contribution in [0.2, 0.25) is 0 Å². The quantitative estimate of drug-likeness (QED) is 0.309. The Morgan fingerprint density at radius 1 is 1.00 bits per heavy atom. The molecule has 0 fully saturated rings. The molecule has 0 saturated carbocycles. The zero-order valence-corrected chi connectivity index (χ0v) is 17.9. The number of hydrogen-bond acceptors (Lipinski definition) is 2. The van der Waals surface area contributed by atoms with E-state index >= 15 is 0 Å². The second-order valence-electron chi connectivity index (χ2n) is 8.20. The van der Waals surface area contributed by atoms with Crippen molar-refractivity contribution in [1.82, 2.24) is 4.90 Å². The summed E-state index contributed by atoms with van der Waals surface area (Å²) in [6, 6.07) is -0.131. The number of nitrogens with zero attached hydrogens (tertiary/aromatic N) is 1. The highest BCUT2D eigenvalue weighted by molar-refractivity contribution is 5.66. The maximum Gasteiger partial charge on any atom is 0.407 e. The summed E-state index contributed by atoms with van der Waals surface area (Å²) in [6.07, 6.45) is 12.7. The van der Waals surface area contributed by atoms with Gasteiger partial charge in [-0.2, -0.15) is 0 Å². The molecule has 0 rings (SSSR count). The number of hydrogen-bond donors (Lipinski definition) is 1. The van der Waals surface area contributed by atoms with Gasteiger partial charge < -0.3 is 14.8 Å². The topological polar surface area (TPSA) is 57.6 Å². The highest BCUT2D eigenvalue weighted by Crippen LogP contribution is 2.42. The predicted molar refractivity (Wildman–Crippen MR) is 110 cm³/mol. The zero-order chi connectivity index (χ0) is 20.0. The van der Waals surface area contributed by atoms with Gasteiger partial charge in [0.1, 0.15) is 6.29 Å². The molecule has 1 atom stereocenters. The van der Waals surface area contributed by atoms with Crippen LogP contribution >= 0.6 is 0 Å². The van der Waals surface area contributed by atoms with Gasteiger partial charge in [0, 0.05) is 18.5 Å². The van der Waals surface area contributed by atoms with Gasteiger partial charge in [0.05, 0.1) is 0 Å². The van der Waals surface area contributed by atoms with Crippen molar-refractivity contribution in [3.63, 3.8) is 0 Å². The fourth-order valence-electron chi connectivity index (χ4n) is 4.23. The molecule has 0 saturated heterocycles. The summed E-state index contributed by atoms with van der Waals surface area (Å²) >= 11 is 0. The van der Waals surface area contributed by atoms with Gasteiger partial charge in [0.25, 0.3) is 0 Å². The Bertz CT molecular complexity index is 360. The highest BCUT2D eigenvalue weighted by atomic mass is 16.4. The van der Waals surface area contributed by atoms with Crippen LogP contribution in [-0.2, 0) is 4.79 Å². The number of unbranched alkanes of at least 4 members (excludes halogenated alkanes) is 3. The highest BCUT2D eigenvalue weighted by Gasteiger charge is 2.36. The average molecular weight is 370 g/mol. The van der Waals surface area contributed by atoms with Gasteiger partial charge in [-0.1, -0.05) is 59.3 Å². The molecule has 0 aliphatic carbocycles. The first kappa shape index (κ1) is 24.9. The lowest BCUT2D eigenvalue weighted by molar-refractivity contribution is -0.108. The van der Waals surface area contributed by atoms with Crippen LogP contribution in [-0.4, -0.2) is 34.5 Å². The van der Waals surface area contributed by atoms with Gasteiger partial charge in [0.2, 0.25) is 0 Å². The molecule has 1 amide bonds. The molecule has 4 heteroatoms. The Morgan fingerprint density at radius 2 is 1.46 bits per heavy atom. The van der Waals surface area contributed by atoms with Crippen LogP contribution in [0.3, 0.4) is 0 Å². The number of amides is 1. The monoisotopic (exact) mass is 369 g/mol. The molecule has 26 heavy (non-hydrogen) atoms. The Hall–Kier alpha value is -1.06. The van der Waals surface area contributed by atoms with Crippen LogP contribution < -0.4 is 0 Å². The number of carbonyl (C=O) groups excluding carboxylic acids is 1. The molecule has 0 aromatic heterocycles. The molecule has 0 heterocycles. The first-order valence-electron chi connectivity index (χ1n) is 10.8. The van der Waals surface area contributed by atoms with E-state index in [9.17, 15) is 14.7 Å². The third-order valence-electron chi connectivity index (χ3n) is 5.64. The van der Waals surface area contributed by atoms with Crippen molar-refractivity contribution in [2.24, 2.45) is 5.41 Å². The second-order valence-corrected chi connectivity index (χ2v) is 8.20. The van der Waals surface area contributed by atoms with Crippen LogP contribution in [0.25, 0.3) is 0 Å². The standard InChI is InChI=1S/C22H43NO3/c1-6-9-14-22(15-10-7-2,16-11-8-3)18-20(13-12-17-24)23(19(4)5)21(25)26/h17,19-20H,6-16,18H2,1-5H3,(H,25,26). The molecule has 0 spiro atoms. The number of aldehydes is 1. The summed E-state index contributed by atoms with van der Waals surface area (Å²) in [5, 5.41) is 9.78. The first-order chi connectivity index (χ1) is 12.4. The lowest BCUT2D eigenvalue weighted by atomic mass is 9.69. The van der Waals surface area contributed by atoms with Crippen molar-refractivity contribution in [1.29, 1.82) is 0 Å². The second kappa shape index (κ2) is 14.1. The van der Waals surface area contributed by atoms with Gasteiger partial charge in [-0.05, 0) is 51.4 Å². The van der Waals surface area contributed by atoms with Crippen molar-refractivity contribution in [3.05, 3.63) is 0 Å². The summed E-state index contributed by atoms with van der Waals surface area (Å²) in [4.78, 5) is 24.5. The average Bonchev–Trinajstić information content (AvgIpc) is 2.60. The van der Waals surface area contributed by atoms with Crippen molar-refractivity contribution in [2.75, 3.05) is 0 Å². The molecule has 0 aromatic carbocycles. The molecule has 4 nitrogen and oxygen atoms in total. The van der Waals surface area contributed by atoms with E-state index in [1.807, 2.05) is 13.8 Å². The first-order valence-corrected chi connectivity index (χ1v) is 10.8. The van der Waals surface area contributed by atoms with Gasteiger partial charge in [-0.25, -0.2) is 4.79 Å². The normalized spacial score (nSPS) is 13.0. The molecule has 0 radical (unpaired) electrons. The predicted octanol–water partition coefficient (Wildman–Crippen LogP) is 6.67. The molecule has 154 valence electrons. The van der Waals surface area contributed by atoms with E-state index in [1.54, 1.807) is 4.90 Å². The van der Waals surface area contributed by atoms with Crippen LogP contribution in [0, 0.1) is 5.41 Å². The zero-order valence-electron chi connectivity index (χ0n) is 17.9. The molecule has 0 aliphatic heterocycles. The Morgan fingerprint density at radius 3 is 1.77 bits per heavy atom. The maximum atomic E-state index is 11.9. The summed E-state index contributed by atoms with van der Waals surface area (Å²) < 4.78 is 0. The summed E-state index contributed by atoms with van der Waals surface area (Å²) in [6.45, 7) is 10.6. The van der Waals surface area contributed by atoms with Crippen molar-refractivity contribution >= 4 is 12.4 Å². The van der Waals surface area contributed by atoms with Crippen LogP contribution in [0.5, 0.6) is 0 Å². The minimum atomic E-state index is -0.855. The lowest BCUT2D eigenvalue weighted by Crippen LogP contribution is -2.46. The molecule has 0 bridgehead atoms. The number of rotatable bonds is 16. The van der Waals surface area contributed by atoms with E-state index in [0.717, 1.165) is 12.7 Å². The molecular formula is C22H43NO3. The molecule has 1 unspecified atom stereocenters. The van der Waals surface area contributed by atoms with E-state index in [2.05, 4.69) is 20.8 Å². The van der Waals surface area contributed by atoms with Gasteiger partial charge in [-0.15, -0.1) is 0 Å². The van der Waals surface area contributed by atoms with Gasteiger partial charge in [0.15, 0.2) is 0 Å². The summed E-state index contributed by atoms with van der Waals surface area (Å²) in [5.41, 5.74) is 0.207. The van der Waals surface area contributed by atoms with E-state index in [4.69, 9.17) is 0 Å². The van der Waals surface area contributed by atoms with Crippen LogP contribution in [0.4, 0.5) is 4.79 Å². The SMILES string of the molecule is CCCCC(CCCC)(CCCC)CC(CCC=O)N(C(=O)O)C(C)C. The largest absolute Gasteiger partial charge is 0.465 e. The van der Waals surface area contributed by atoms with Gasteiger partial charge >= 0.3 is 6.09 Å². The smallest absolute Gasteiger partial charge is 0.407 e. The minimum absolute atomic E-state index is 0.0645. The van der Waals surface area contributed by atoms with Crippen molar-refractivity contribution in [3.8, 4) is 0 Å². The number of carboxylic acid groups (broad SMARTS) is 1. The summed E-state index contributed by atoms with van der Waals surface area (Å²) in [7, 11) is 0.